The first kappa shape index (κ1) is 7.78. The highest BCUT2D eigenvalue weighted by Crippen LogP contribution is 2.36. The van der Waals surface area contributed by atoms with Crippen molar-refractivity contribution in [1.82, 2.24) is 0 Å². The normalized spacial score (nSPS) is 22.9. The van der Waals surface area contributed by atoms with Gasteiger partial charge in [-0.1, -0.05) is 6.08 Å². The van der Waals surface area contributed by atoms with Crippen LogP contribution in [0.2, 0.25) is 0 Å². The Morgan fingerprint density at radius 2 is 2.36 bits per heavy atom. The molecule has 14 heavy (non-hydrogen) atoms. The number of fused-ring (bicyclic) bond motifs is 1. The van der Waals surface area contributed by atoms with Crippen molar-refractivity contribution in [2.24, 2.45) is 0 Å². The second kappa shape index (κ2) is 2.97. The highest BCUT2D eigenvalue weighted by atomic mass is 16.5. The molecule has 1 heteroatoms. The highest BCUT2D eigenvalue weighted by molar-refractivity contribution is 5.44. The Bertz CT molecular complexity index is 417. The second-order valence-electron chi connectivity index (χ2n) is 3.70. The van der Waals surface area contributed by atoms with E-state index in [1.807, 2.05) is 18.2 Å². The van der Waals surface area contributed by atoms with Crippen molar-refractivity contribution < 1.29 is 4.74 Å². The summed E-state index contributed by atoms with van der Waals surface area (Å²) in [7, 11) is 0. The first-order valence-corrected chi connectivity index (χ1v) is 4.99. The average molecular weight is 183 g/mol. The highest BCUT2D eigenvalue weighted by Gasteiger charge is 2.28. The van der Waals surface area contributed by atoms with Gasteiger partial charge in [0.1, 0.15) is 11.8 Å². The van der Waals surface area contributed by atoms with Crippen LogP contribution >= 0.6 is 0 Å². The molecule has 0 saturated carbocycles. The number of hydrogen-bond donors (Lipinski definition) is 0. The molecule has 2 aliphatic carbocycles. The van der Waals surface area contributed by atoms with E-state index in [2.05, 4.69) is 18.2 Å². The van der Waals surface area contributed by atoms with Gasteiger partial charge < -0.3 is 4.74 Å². The van der Waals surface area contributed by atoms with E-state index in [-0.39, 0.29) is 0 Å². The molecule has 0 atom stereocenters. The smallest absolute Gasteiger partial charge is 0.245 e. The topological polar surface area (TPSA) is 9.23 Å². The predicted octanol–water partition coefficient (Wildman–Crippen LogP) is 3.19. The molecule has 3 aliphatic rings. The third-order valence-corrected chi connectivity index (χ3v) is 2.74. The SMILES string of the molecule is [C+]1=C2CC3=C(C=CCC3)OC2=CC=C1. The maximum absolute atomic E-state index is 5.80. The molecule has 0 aromatic heterocycles. The Balaban J connectivity index is 2.01. The number of allylic oxidation sites excluding steroid dienone is 8. The Kier molecular flexibility index (Phi) is 1.65. The van der Waals surface area contributed by atoms with Gasteiger partial charge in [0.25, 0.3) is 0 Å². The van der Waals surface area contributed by atoms with Crippen LogP contribution in [0.25, 0.3) is 0 Å². The molecule has 1 heterocycles. The lowest BCUT2D eigenvalue weighted by Gasteiger charge is -2.21. The summed E-state index contributed by atoms with van der Waals surface area (Å²) in [5.41, 5.74) is 2.61. The molecule has 0 radical (unpaired) electrons. The zero-order chi connectivity index (χ0) is 9.38. The number of rotatable bonds is 0. The molecule has 1 nitrogen and oxygen atoms in total. The summed E-state index contributed by atoms with van der Waals surface area (Å²) < 4.78 is 5.80. The van der Waals surface area contributed by atoms with E-state index >= 15 is 0 Å². The molecule has 0 N–H and O–H groups in total. The molecule has 3 rings (SSSR count). The average Bonchev–Trinajstić information content (AvgIpc) is 2.26. The van der Waals surface area contributed by atoms with E-state index in [1.165, 1.54) is 11.1 Å². The van der Waals surface area contributed by atoms with Crippen LogP contribution in [0.4, 0.5) is 0 Å². The predicted molar refractivity (Wildman–Crippen MR) is 55.1 cm³/mol. The summed E-state index contributed by atoms with van der Waals surface area (Å²) in [6, 6.07) is 0. The molecule has 0 unspecified atom stereocenters. The zero-order valence-electron chi connectivity index (χ0n) is 7.92. The van der Waals surface area contributed by atoms with Gasteiger partial charge in [0.2, 0.25) is 5.76 Å². The van der Waals surface area contributed by atoms with Gasteiger partial charge in [-0.2, -0.15) is 0 Å². The molecule has 0 bridgehead atoms. The van der Waals surface area contributed by atoms with Crippen molar-refractivity contribution in [2.75, 3.05) is 0 Å². The van der Waals surface area contributed by atoms with Crippen LogP contribution in [0.3, 0.4) is 0 Å². The van der Waals surface area contributed by atoms with Crippen LogP contribution in [0.15, 0.2) is 53.0 Å². The number of hydrogen-bond acceptors (Lipinski definition) is 1. The Labute approximate surface area is 83.8 Å². The lowest BCUT2D eigenvalue weighted by atomic mass is 9.92. The summed E-state index contributed by atoms with van der Waals surface area (Å²) in [6.45, 7) is 0. The van der Waals surface area contributed by atoms with E-state index < -0.39 is 0 Å². The van der Waals surface area contributed by atoms with Crippen LogP contribution in [-0.2, 0) is 4.74 Å². The molecule has 0 fully saturated rings. The molecular formula is C13H11O+. The number of ether oxygens (including phenoxy) is 1. The summed E-state index contributed by atoms with van der Waals surface area (Å²) in [4.78, 5) is 0. The van der Waals surface area contributed by atoms with Gasteiger partial charge in [-0.3, -0.25) is 0 Å². The lowest BCUT2D eigenvalue weighted by molar-refractivity contribution is 0.305. The van der Waals surface area contributed by atoms with E-state index in [4.69, 9.17) is 4.74 Å². The first-order chi connectivity index (χ1) is 6.93. The minimum absolute atomic E-state index is 0.970. The fourth-order valence-electron chi connectivity index (χ4n) is 1.99. The fraction of sp³-hybridized carbons (Fsp3) is 0.231. The largest absolute Gasteiger partial charge is 0.397 e. The van der Waals surface area contributed by atoms with Gasteiger partial charge in [-0.05, 0) is 24.5 Å². The molecular weight excluding hydrogens is 172 g/mol. The molecule has 0 saturated heterocycles. The first-order valence-electron chi connectivity index (χ1n) is 4.99. The third-order valence-electron chi connectivity index (χ3n) is 2.74. The Morgan fingerprint density at radius 1 is 1.36 bits per heavy atom. The minimum Gasteiger partial charge on any atom is -0.397 e. The van der Waals surface area contributed by atoms with Crippen LogP contribution < -0.4 is 0 Å². The zero-order valence-corrected chi connectivity index (χ0v) is 7.92. The third kappa shape index (κ3) is 1.14. The quantitative estimate of drug-likeness (QED) is 0.524. The molecule has 1 aliphatic heterocycles. The summed E-state index contributed by atoms with van der Waals surface area (Å²) in [5.74, 6) is 2.03. The van der Waals surface area contributed by atoms with Crippen molar-refractivity contribution in [2.45, 2.75) is 19.3 Å². The molecule has 0 amide bonds. The van der Waals surface area contributed by atoms with Crippen molar-refractivity contribution in [1.29, 1.82) is 0 Å². The monoisotopic (exact) mass is 183 g/mol. The van der Waals surface area contributed by atoms with Gasteiger partial charge in [0.15, 0.2) is 5.57 Å². The maximum Gasteiger partial charge on any atom is 0.245 e. The maximum atomic E-state index is 5.80. The van der Waals surface area contributed by atoms with Crippen LogP contribution in [0, 0.1) is 6.08 Å². The molecule has 0 aromatic rings. The van der Waals surface area contributed by atoms with Gasteiger partial charge in [-0.25, -0.2) is 0 Å². The minimum atomic E-state index is 0.970. The molecule has 0 spiro atoms. The van der Waals surface area contributed by atoms with Crippen LogP contribution in [-0.4, -0.2) is 0 Å². The summed E-state index contributed by atoms with van der Waals surface area (Å²) in [6.07, 6.45) is 16.7. The van der Waals surface area contributed by atoms with Gasteiger partial charge in [-0.15, -0.1) is 0 Å². The van der Waals surface area contributed by atoms with E-state index in [1.54, 1.807) is 0 Å². The van der Waals surface area contributed by atoms with Crippen LogP contribution in [0.1, 0.15) is 19.3 Å². The van der Waals surface area contributed by atoms with E-state index in [9.17, 15) is 0 Å². The van der Waals surface area contributed by atoms with Crippen molar-refractivity contribution in [3.8, 4) is 0 Å². The van der Waals surface area contributed by atoms with Crippen molar-refractivity contribution in [3.63, 3.8) is 0 Å². The van der Waals surface area contributed by atoms with E-state index in [0.29, 0.717) is 0 Å². The molecule has 0 aromatic carbocycles. The summed E-state index contributed by atoms with van der Waals surface area (Å²) in [5, 5.41) is 0. The standard InChI is InChI=1S/C13H11O/c1-3-7-12-10(5-1)9-11-6-2-4-8-13(11)14-12/h1,3-4,7-8H,2,6,9H2/q+1. The van der Waals surface area contributed by atoms with Crippen molar-refractivity contribution >= 4 is 0 Å². The van der Waals surface area contributed by atoms with Gasteiger partial charge in [0, 0.05) is 12.5 Å². The Hall–Kier alpha value is -1.59. The fourth-order valence-corrected chi connectivity index (χ4v) is 1.99. The van der Waals surface area contributed by atoms with Gasteiger partial charge >= 0.3 is 0 Å². The second-order valence-corrected chi connectivity index (χ2v) is 3.70. The summed E-state index contributed by atoms with van der Waals surface area (Å²) >= 11 is 0. The Morgan fingerprint density at radius 3 is 3.36 bits per heavy atom. The lowest BCUT2D eigenvalue weighted by Crippen LogP contribution is -2.10. The van der Waals surface area contributed by atoms with Crippen molar-refractivity contribution in [3.05, 3.63) is 59.1 Å². The van der Waals surface area contributed by atoms with E-state index in [0.717, 1.165) is 30.8 Å². The molecule has 68 valence electrons. The van der Waals surface area contributed by atoms with Gasteiger partial charge in [0.05, 0.1) is 12.2 Å². The van der Waals surface area contributed by atoms with Crippen LogP contribution in [0.5, 0.6) is 0 Å².